The van der Waals surface area contributed by atoms with Crippen LogP contribution in [0.4, 0.5) is 4.79 Å². The Bertz CT molecular complexity index is 2100. The van der Waals surface area contributed by atoms with Crippen LogP contribution in [-0.2, 0) is 55.3 Å². The van der Waals surface area contributed by atoms with E-state index < -0.39 is 48.8 Å². The number of aromatic nitrogens is 5. The van der Waals surface area contributed by atoms with Crippen molar-refractivity contribution in [2.75, 3.05) is 19.8 Å². The lowest BCUT2D eigenvalue weighted by atomic mass is 9.76. The van der Waals surface area contributed by atoms with Crippen LogP contribution in [0.5, 0.6) is 5.75 Å². The summed E-state index contributed by atoms with van der Waals surface area (Å²) in [5.41, 5.74) is 4.25. The van der Waals surface area contributed by atoms with Crippen LogP contribution in [0.25, 0.3) is 22.3 Å². The highest BCUT2D eigenvalue weighted by molar-refractivity contribution is 5.90. The van der Waals surface area contributed by atoms with Gasteiger partial charge in [0, 0.05) is 10.9 Å². The maximum absolute atomic E-state index is 13.7. The van der Waals surface area contributed by atoms with Crippen molar-refractivity contribution < 1.29 is 53.7 Å². The van der Waals surface area contributed by atoms with Crippen LogP contribution >= 0.6 is 0 Å². The molecule has 4 aromatic rings. The number of fused-ring (bicyclic) bond motifs is 5. The van der Waals surface area contributed by atoms with E-state index in [4.69, 9.17) is 28.7 Å². The van der Waals surface area contributed by atoms with Crippen molar-refractivity contribution in [3.8, 4) is 17.1 Å². The predicted octanol–water partition coefficient (Wildman–Crippen LogP) is 1.01. The smallest absolute Gasteiger partial charge is 0.460 e. The standard InChI is InChI=1S/C35H39N5O12/c1-4-19-20-10-18(51-34(47)49-9-8-48-15-17-12-40(38-37-17)32-30(44)29(43)28(42)26(14-41)52-32)6-7-24(20)36-27-21(19)13-39-25(27)11-23-22(31(39)45)16-50-33(46)35(23,3)5-2/h6-7,10-12,26,28-30,32,41-44H,4-5,8-9,13-16H2,1-3H3/t26-,28-,29+,30-,32-,35+/m0/s1. The fraction of sp³-hybridized carbons (Fsp3) is 0.486. The summed E-state index contributed by atoms with van der Waals surface area (Å²) in [6, 6.07) is 6.98. The van der Waals surface area contributed by atoms with Gasteiger partial charge in [-0.05, 0) is 55.2 Å². The Hall–Kier alpha value is -4.78. The van der Waals surface area contributed by atoms with Crippen molar-refractivity contribution in [2.24, 2.45) is 0 Å². The van der Waals surface area contributed by atoms with Crippen molar-refractivity contribution >= 4 is 23.0 Å². The van der Waals surface area contributed by atoms with Crippen LogP contribution < -0.4 is 10.3 Å². The molecule has 7 rings (SSSR count). The number of ether oxygens (including phenoxy) is 5. The molecule has 6 heterocycles. The zero-order valence-corrected chi connectivity index (χ0v) is 28.7. The summed E-state index contributed by atoms with van der Waals surface area (Å²) >= 11 is 0. The van der Waals surface area contributed by atoms with E-state index in [9.17, 15) is 34.8 Å². The van der Waals surface area contributed by atoms with Crippen LogP contribution in [0, 0.1) is 0 Å². The Morgan fingerprint density at radius 3 is 2.63 bits per heavy atom. The lowest BCUT2D eigenvalue weighted by Crippen LogP contribution is -2.56. The van der Waals surface area contributed by atoms with Crippen LogP contribution in [0.1, 0.15) is 61.4 Å². The third-order valence-electron chi connectivity index (χ3n) is 10.2. The number of aliphatic hydroxyl groups is 4. The van der Waals surface area contributed by atoms with Crippen molar-refractivity contribution in [3.05, 3.63) is 68.8 Å². The number of pyridine rings is 2. The second-order valence-electron chi connectivity index (χ2n) is 13.2. The van der Waals surface area contributed by atoms with E-state index in [1.165, 1.54) is 6.20 Å². The summed E-state index contributed by atoms with van der Waals surface area (Å²) in [5, 5.41) is 48.3. The SMILES string of the molecule is CCc1c2c(nc3ccc(OC(=O)OCCOCc4cn([C@H]5O[C@@H](CO)[C@H](O)[C@@H](O)[C@@H]5O)nn4)cc13)-c1cc3c(c(=O)n1C2)COC(=O)[C@]3(C)CC. The molecular weight excluding hydrogens is 682 g/mol. The Kier molecular flexibility index (Phi) is 9.58. The first kappa shape index (κ1) is 35.6. The van der Waals surface area contributed by atoms with Crippen molar-refractivity contribution in [2.45, 2.75) is 89.4 Å². The first-order valence-electron chi connectivity index (χ1n) is 17.0. The molecule has 1 fully saturated rings. The molecule has 1 saturated heterocycles. The second-order valence-corrected chi connectivity index (χ2v) is 13.2. The molecule has 6 atom stereocenters. The number of aryl methyl sites for hydroxylation is 1. The van der Waals surface area contributed by atoms with E-state index in [-0.39, 0.29) is 43.7 Å². The van der Waals surface area contributed by atoms with Crippen molar-refractivity contribution in [3.63, 3.8) is 0 Å². The molecule has 0 amide bonds. The lowest BCUT2D eigenvalue weighted by molar-refractivity contribution is -0.254. The Balaban J connectivity index is 0.981. The number of cyclic esters (lactones) is 1. The zero-order chi connectivity index (χ0) is 36.9. The highest BCUT2D eigenvalue weighted by Gasteiger charge is 2.45. The molecule has 0 radical (unpaired) electrons. The first-order valence-corrected chi connectivity index (χ1v) is 17.0. The number of rotatable bonds is 10. The number of aliphatic hydroxyl groups excluding tert-OH is 4. The molecule has 0 bridgehead atoms. The fourth-order valence-electron chi connectivity index (χ4n) is 7.06. The van der Waals surface area contributed by atoms with E-state index in [1.807, 2.05) is 19.9 Å². The van der Waals surface area contributed by atoms with Crippen LogP contribution in [0.2, 0.25) is 0 Å². The summed E-state index contributed by atoms with van der Waals surface area (Å²) in [4.78, 5) is 43.9. The molecule has 4 N–H and O–H groups in total. The van der Waals surface area contributed by atoms with Gasteiger partial charge in [0.2, 0.25) is 0 Å². The molecule has 3 aromatic heterocycles. The maximum Gasteiger partial charge on any atom is 0.513 e. The average molecular weight is 722 g/mol. The van der Waals surface area contributed by atoms with Gasteiger partial charge in [-0.2, -0.15) is 0 Å². The van der Waals surface area contributed by atoms with Gasteiger partial charge in [0.1, 0.15) is 49.1 Å². The highest BCUT2D eigenvalue weighted by atomic mass is 16.7. The third kappa shape index (κ3) is 6.02. The second kappa shape index (κ2) is 14.0. The minimum atomic E-state index is -1.56. The van der Waals surface area contributed by atoms with Crippen molar-refractivity contribution in [1.29, 1.82) is 0 Å². The summed E-state index contributed by atoms with van der Waals surface area (Å²) in [6.07, 6.45) is -5.27. The third-order valence-corrected chi connectivity index (χ3v) is 10.2. The number of carbonyl (C=O) groups excluding carboxylic acids is 2. The zero-order valence-electron chi connectivity index (χ0n) is 28.7. The van der Waals surface area contributed by atoms with Gasteiger partial charge in [0.25, 0.3) is 5.56 Å². The molecule has 0 aliphatic carbocycles. The van der Waals surface area contributed by atoms with E-state index in [0.29, 0.717) is 53.1 Å². The van der Waals surface area contributed by atoms with Gasteiger partial charge >= 0.3 is 12.1 Å². The predicted molar refractivity (Wildman–Crippen MR) is 178 cm³/mol. The van der Waals surface area contributed by atoms with Gasteiger partial charge in [-0.25, -0.2) is 14.5 Å². The molecule has 17 heteroatoms. The van der Waals surface area contributed by atoms with Gasteiger partial charge in [0.05, 0.1) is 60.4 Å². The highest BCUT2D eigenvalue weighted by Crippen LogP contribution is 2.41. The van der Waals surface area contributed by atoms with E-state index in [0.717, 1.165) is 21.2 Å². The normalized spacial score (nSPS) is 25.0. The fourth-order valence-corrected chi connectivity index (χ4v) is 7.06. The average Bonchev–Trinajstić information content (AvgIpc) is 3.76. The van der Waals surface area contributed by atoms with Gasteiger partial charge in [0.15, 0.2) is 6.23 Å². The number of nitrogens with zero attached hydrogens (tertiary/aromatic N) is 5. The molecule has 52 heavy (non-hydrogen) atoms. The summed E-state index contributed by atoms with van der Waals surface area (Å²) in [5.74, 6) is -0.0975. The summed E-state index contributed by atoms with van der Waals surface area (Å²) in [6.45, 7) is 5.22. The maximum atomic E-state index is 13.7. The van der Waals surface area contributed by atoms with Gasteiger partial charge in [-0.3, -0.25) is 9.59 Å². The van der Waals surface area contributed by atoms with Gasteiger partial charge < -0.3 is 48.7 Å². The molecule has 0 spiro atoms. The molecule has 276 valence electrons. The van der Waals surface area contributed by atoms with Crippen LogP contribution in [0.15, 0.2) is 35.3 Å². The largest absolute Gasteiger partial charge is 0.513 e. The molecule has 1 aromatic carbocycles. The Morgan fingerprint density at radius 1 is 1.08 bits per heavy atom. The molecule has 3 aliphatic rings. The molecule has 0 saturated carbocycles. The minimum absolute atomic E-state index is 0.00316. The van der Waals surface area contributed by atoms with E-state index in [2.05, 4.69) is 10.3 Å². The van der Waals surface area contributed by atoms with Crippen molar-refractivity contribution in [1.82, 2.24) is 24.5 Å². The Morgan fingerprint density at radius 2 is 1.88 bits per heavy atom. The first-order chi connectivity index (χ1) is 25.0. The lowest BCUT2D eigenvalue weighted by Gasteiger charge is -2.39. The number of carbonyl (C=O) groups is 2. The molecule has 17 nitrogen and oxygen atoms in total. The summed E-state index contributed by atoms with van der Waals surface area (Å²) < 4.78 is 29.8. The van der Waals surface area contributed by atoms with Gasteiger partial charge in [-0.15, -0.1) is 5.10 Å². The summed E-state index contributed by atoms with van der Waals surface area (Å²) in [7, 11) is 0. The van der Waals surface area contributed by atoms with E-state index in [1.54, 1.807) is 29.7 Å². The number of hydrogen-bond donors (Lipinski definition) is 4. The number of hydrogen-bond acceptors (Lipinski definition) is 15. The number of benzene rings is 1. The minimum Gasteiger partial charge on any atom is -0.460 e. The molecule has 0 unspecified atom stereocenters. The Labute approximate surface area is 296 Å². The number of esters is 1. The molecular formula is C35H39N5O12. The van der Waals surface area contributed by atoms with Gasteiger partial charge in [-0.1, -0.05) is 19.1 Å². The monoisotopic (exact) mass is 721 g/mol. The molecule has 3 aliphatic heterocycles. The van der Waals surface area contributed by atoms with E-state index >= 15 is 0 Å². The van der Waals surface area contributed by atoms with Crippen LogP contribution in [-0.4, -0.2) is 101 Å². The van der Waals surface area contributed by atoms with Crippen LogP contribution in [0.3, 0.4) is 0 Å². The quantitative estimate of drug-likeness (QED) is 0.0897. The topological polar surface area (TPSA) is 227 Å².